The fraction of sp³-hybridized carbons (Fsp3) is 0.533. The van der Waals surface area contributed by atoms with E-state index in [9.17, 15) is 22.8 Å². The third kappa shape index (κ3) is 5.10. The van der Waals surface area contributed by atoms with Crippen LogP contribution in [0.25, 0.3) is 0 Å². The van der Waals surface area contributed by atoms with E-state index in [1.165, 1.54) is 12.3 Å². The van der Waals surface area contributed by atoms with Gasteiger partial charge in [-0.3, -0.25) is 9.59 Å². The van der Waals surface area contributed by atoms with Crippen LogP contribution in [0.4, 0.5) is 13.2 Å². The average molecular weight is 345 g/mol. The molecule has 9 heteroatoms. The van der Waals surface area contributed by atoms with Gasteiger partial charge in [-0.2, -0.15) is 13.2 Å². The summed E-state index contributed by atoms with van der Waals surface area (Å²) in [6, 6.07) is 2.91. The molecule has 2 amide bonds. The summed E-state index contributed by atoms with van der Waals surface area (Å²) in [6.45, 7) is 1.50. The Morgan fingerprint density at radius 3 is 2.88 bits per heavy atom. The molecule has 0 radical (unpaired) electrons. The van der Waals surface area contributed by atoms with Gasteiger partial charge in [-0.05, 0) is 18.6 Å². The maximum atomic E-state index is 12.1. The Morgan fingerprint density at radius 1 is 1.50 bits per heavy atom. The summed E-state index contributed by atoms with van der Waals surface area (Å²) in [6.07, 6.45) is -2.95. The lowest BCUT2D eigenvalue weighted by Gasteiger charge is -2.14. The number of amides is 2. The molecule has 2 rings (SSSR count). The van der Waals surface area contributed by atoms with E-state index in [-0.39, 0.29) is 30.7 Å². The highest BCUT2D eigenvalue weighted by Gasteiger charge is 2.33. The van der Waals surface area contributed by atoms with Crippen molar-refractivity contribution in [3.05, 3.63) is 23.9 Å². The van der Waals surface area contributed by atoms with E-state index in [4.69, 9.17) is 0 Å². The van der Waals surface area contributed by atoms with Gasteiger partial charge >= 0.3 is 6.18 Å². The van der Waals surface area contributed by atoms with E-state index >= 15 is 0 Å². The highest BCUT2D eigenvalue weighted by atomic mass is 19.4. The lowest BCUT2D eigenvalue weighted by molar-refractivity contribution is -0.154. The normalized spacial score (nSPS) is 17.9. The molecule has 24 heavy (non-hydrogen) atoms. The molecule has 1 fully saturated rings. The number of carbonyl (C=O) groups is 2. The molecule has 0 aliphatic carbocycles. The molecule has 0 aromatic carbocycles. The number of nitrogens with one attached hydrogen (secondary N) is 1. The molecule has 1 aliphatic heterocycles. The van der Waals surface area contributed by atoms with Crippen molar-refractivity contribution in [1.29, 1.82) is 0 Å². The lowest BCUT2D eigenvalue weighted by Crippen LogP contribution is -2.32. The Morgan fingerprint density at radius 2 is 2.25 bits per heavy atom. The highest BCUT2D eigenvalue weighted by molar-refractivity contribution is 5.89. The van der Waals surface area contributed by atoms with Crippen molar-refractivity contribution in [2.45, 2.75) is 26.1 Å². The van der Waals surface area contributed by atoms with Gasteiger partial charge in [0.2, 0.25) is 17.7 Å². The molecule has 2 heterocycles. The molecule has 1 atom stereocenters. The second kappa shape index (κ2) is 7.50. The topological polar surface area (TPSA) is 71.5 Å². The van der Waals surface area contributed by atoms with Gasteiger partial charge < -0.3 is 15.0 Å². The van der Waals surface area contributed by atoms with E-state index in [1.54, 1.807) is 11.0 Å². The Labute approximate surface area is 137 Å². The van der Waals surface area contributed by atoms with Gasteiger partial charge in [0, 0.05) is 38.3 Å². The zero-order chi connectivity index (χ0) is 17.7. The SMILES string of the molecule is CCN1CC(C(=O)NCc2ccnc(OCC(F)(F)F)c2)CC1=O. The first-order valence-corrected chi connectivity index (χ1v) is 7.48. The maximum absolute atomic E-state index is 12.1. The van der Waals surface area contributed by atoms with E-state index in [2.05, 4.69) is 15.0 Å². The predicted molar refractivity (Wildman–Crippen MR) is 78.0 cm³/mol. The molecule has 0 bridgehead atoms. The number of hydrogen-bond donors (Lipinski definition) is 1. The molecule has 1 saturated heterocycles. The number of aromatic nitrogens is 1. The Kier molecular flexibility index (Phi) is 5.63. The summed E-state index contributed by atoms with van der Waals surface area (Å²) in [5.74, 6) is -0.870. The van der Waals surface area contributed by atoms with Crippen LogP contribution in [0.1, 0.15) is 18.9 Å². The minimum Gasteiger partial charge on any atom is -0.468 e. The van der Waals surface area contributed by atoms with Gasteiger partial charge in [-0.1, -0.05) is 0 Å². The van der Waals surface area contributed by atoms with E-state index in [0.717, 1.165) is 0 Å². The number of pyridine rings is 1. The van der Waals surface area contributed by atoms with Crippen LogP contribution in [0.2, 0.25) is 0 Å². The summed E-state index contributed by atoms with van der Waals surface area (Å²) >= 11 is 0. The van der Waals surface area contributed by atoms with Crippen molar-refractivity contribution in [3.63, 3.8) is 0 Å². The first-order chi connectivity index (χ1) is 11.3. The highest BCUT2D eigenvalue weighted by Crippen LogP contribution is 2.19. The van der Waals surface area contributed by atoms with Gasteiger partial charge in [0.15, 0.2) is 6.61 Å². The summed E-state index contributed by atoms with van der Waals surface area (Å²) in [4.78, 5) is 29.0. The lowest BCUT2D eigenvalue weighted by atomic mass is 10.1. The van der Waals surface area contributed by atoms with E-state index < -0.39 is 18.7 Å². The predicted octanol–water partition coefficient (Wildman–Crippen LogP) is 1.51. The molecular formula is C15H18F3N3O3. The maximum Gasteiger partial charge on any atom is 0.422 e. The first-order valence-electron chi connectivity index (χ1n) is 7.48. The molecule has 132 valence electrons. The van der Waals surface area contributed by atoms with Gasteiger partial charge in [-0.15, -0.1) is 0 Å². The monoisotopic (exact) mass is 345 g/mol. The Bertz CT molecular complexity index is 607. The number of carbonyl (C=O) groups excluding carboxylic acids is 2. The molecule has 1 aliphatic rings. The van der Waals surface area contributed by atoms with Crippen LogP contribution in [-0.4, -0.2) is 47.6 Å². The van der Waals surface area contributed by atoms with Crippen LogP contribution < -0.4 is 10.1 Å². The number of hydrogen-bond acceptors (Lipinski definition) is 4. The molecule has 1 unspecified atom stereocenters. The van der Waals surface area contributed by atoms with Crippen LogP contribution in [-0.2, 0) is 16.1 Å². The first kappa shape index (κ1) is 18.0. The van der Waals surface area contributed by atoms with Crippen molar-refractivity contribution >= 4 is 11.8 Å². The zero-order valence-electron chi connectivity index (χ0n) is 13.1. The smallest absolute Gasteiger partial charge is 0.422 e. The zero-order valence-corrected chi connectivity index (χ0v) is 13.1. The Balaban J connectivity index is 1.86. The molecule has 1 aromatic heterocycles. The van der Waals surface area contributed by atoms with Crippen LogP contribution in [0, 0.1) is 5.92 Å². The largest absolute Gasteiger partial charge is 0.468 e. The molecular weight excluding hydrogens is 327 g/mol. The van der Waals surface area contributed by atoms with E-state index in [1.807, 2.05) is 6.92 Å². The van der Waals surface area contributed by atoms with Crippen molar-refractivity contribution in [3.8, 4) is 5.88 Å². The minimum absolute atomic E-state index is 0.0515. The van der Waals surface area contributed by atoms with Crippen molar-refractivity contribution < 1.29 is 27.5 Å². The summed E-state index contributed by atoms with van der Waals surface area (Å²) in [7, 11) is 0. The average Bonchev–Trinajstić information content (AvgIpc) is 2.91. The van der Waals surface area contributed by atoms with Gasteiger partial charge in [0.25, 0.3) is 0 Å². The van der Waals surface area contributed by atoms with Gasteiger partial charge in [0.05, 0.1) is 5.92 Å². The van der Waals surface area contributed by atoms with E-state index in [0.29, 0.717) is 18.7 Å². The second-order valence-electron chi connectivity index (χ2n) is 5.46. The van der Waals surface area contributed by atoms with Crippen LogP contribution in [0.15, 0.2) is 18.3 Å². The second-order valence-corrected chi connectivity index (χ2v) is 5.46. The number of halogens is 3. The summed E-state index contributed by atoms with van der Waals surface area (Å²) < 4.78 is 40.9. The molecule has 0 spiro atoms. The quantitative estimate of drug-likeness (QED) is 0.848. The molecule has 6 nitrogen and oxygen atoms in total. The molecule has 0 saturated carbocycles. The Hall–Kier alpha value is -2.32. The van der Waals surface area contributed by atoms with Crippen LogP contribution in [0.5, 0.6) is 5.88 Å². The fourth-order valence-corrected chi connectivity index (χ4v) is 2.38. The minimum atomic E-state index is -4.44. The van der Waals surface area contributed by atoms with Gasteiger partial charge in [-0.25, -0.2) is 4.98 Å². The summed E-state index contributed by atoms with van der Waals surface area (Å²) in [5, 5.41) is 2.68. The van der Waals surface area contributed by atoms with Crippen LogP contribution >= 0.6 is 0 Å². The standard InChI is InChI=1S/C15H18F3N3O3/c1-2-21-8-11(6-13(21)22)14(23)20-7-10-3-4-19-12(5-10)24-9-15(16,17)18/h3-5,11H,2,6-9H2,1H3,(H,20,23). The third-order valence-electron chi connectivity index (χ3n) is 3.62. The number of ether oxygens (including phenoxy) is 1. The van der Waals surface area contributed by atoms with Crippen LogP contribution in [0.3, 0.4) is 0 Å². The number of alkyl halides is 3. The number of rotatable bonds is 6. The fourth-order valence-electron chi connectivity index (χ4n) is 2.38. The molecule has 1 aromatic rings. The van der Waals surface area contributed by atoms with Gasteiger partial charge in [0.1, 0.15) is 0 Å². The third-order valence-corrected chi connectivity index (χ3v) is 3.62. The number of likely N-dealkylation sites (tertiary alicyclic amines) is 1. The molecule has 1 N–H and O–H groups in total. The van der Waals surface area contributed by atoms with Crippen molar-refractivity contribution in [2.24, 2.45) is 5.92 Å². The number of nitrogens with zero attached hydrogens (tertiary/aromatic N) is 2. The van der Waals surface area contributed by atoms with Crippen molar-refractivity contribution in [2.75, 3.05) is 19.7 Å². The summed E-state index contributed by atoms with van der Waals surface area (Å²) in [5.41, 5.74) is 0.562. The van der Waals surface area contributed by atoms with Crippen molar-refractivity contribution in [1.82, 2.24) is 15.2 Å².